The van der Waals surface area contributed by atoms with Crippen molar-refractivity contribution in [1.29, 1.82) is 5.26 Å². The number of rotatable bonds is 2. The summed E-state index contributed by atoms with van der Waals surface area (Å²) in [6.45, 7) is 1.34. The smallest absolute Gasteiger partial charge is 0.370 e. The molecule has 0 bridgehead atoms. The van der Waals surface area contributed by atoms with E-state index in [-0.39, 0.29) is 11.7 Å². The van der Waals surface area contributed by atoms with Crippen molar-refractivity contribution in [3.05, 3.63) is 63.6 Å². The van der Waals surface area contributed by atoms with Crippen LogP contribution in [0.15, 0.2) is 46.9 Å². The number of benzene rings is 2. The molecule has 1 aliphatic rings. The Morgan fingerprint density at radius 3 is 2.64 bits per heavy atom. The van der Waals surface area contributed by atoms with E-state index in [1.54, 1.807) is 12.1 Å². The van der Waals surface area contributed by atoms with Gasteiger partial charge in [0.15, 0.2) is 0 Å². The molecule has 0 radical (unpaired) electrons. The van der Waals surface area contributed by atoms with Crippen LogP contribution < -0.4 is 4.90 Å². The maximum atomic E-state index is 13.2. The van der Waals surface area contributed by atoms with Gasteiger partial charge in [0.05, 0.1) is 23.8 Å². The quantitative estimate of drug-likeness (QED) is 0.704. The van der Waals surface area contributed by atoms with Crippen LogP contribution >= 0.6 is 15.9 Å². The number of hydrogen-bond donors (Lipinski definition) is 0. The van der Waals surface area contributed by atoms with Crippen LogP contribution in [0.1, 0.15) is 22.8 Å². The molecule has 130 valence electrons. The number of alkyl halides is 3. The molecular formula is C18H14BrF3N2O. The number of ether oxygens (including phenoxy) is 1. The molecule has 1 fully saturated rings. The van der Waals surface area contributed by atoms with Gasteiger partial charge in [-0.1, -0.05) is 34.1 Å². The third kappa shape index (κ3) is 3.80. The van der Waals surface area contributed by atoms with Crippen LogP contribution in [0.2, 0.25) is 0 Å². The van der Waals surface area contributed by atoms with Gasteiger partial charge in [0.1, 0.15) is 6.10 Å². The molecule has 0 amide bonds. The lowest BCUT2D eigenvalue weighted by Gasteiger charge is -2.35. The van der Waals surface area contributed by atoms with E-state index in [9.17, 15) is 13.2 Å². The van der Waals surface area contributed by atoms with Gasteiger partial charge in [0.25, 0.3) is 0 Å². The van der Waals surface area contributed by atoms with Gasteiger partial charge >= 0.3 is 6.18 Å². The molecule has 0 saturated carbocycles. The highest BCUT2D eigenvalue weighted by Crippen LogP contribution is 2.36. The zero-order valence-corrected chi connectivity index (χ0v) is 14.6. The van der Waals surface area contributed by atoms with Gasteiger partial charge in [-0.15, -0.1) is 0 Å². The van der Waals surface area contributed by atoms with E-state index >= 15 is 0 Å². The van der Waals surface area contributed by atoms with Crippen LogP contribution in [-0.2, 0) is 10.9 Å². The lowest BCUT2D eigenvalue weighted by Crippen LogP contribution is -2.38. The van der Waals surface area contributed by atoms with Crippen molar-refractivity contribution in [3.8, 4) is 6.07 Å². The van der Waals surface area contributed by atoms with Crippen molar-refractivity contribution in [2.75, 3.05) is 24.6 Å². The van der Waals surface area contributed by atoms with Crippen LogP contribution in [0.5, 0.6) is 0 Å². The predicted molar refractivity (Wildman–Crippen MR) is 91.2 cm³/mol. The second-order valence-electron chi connectivity index (χ2n) is 5.67. The maximum Gasteiger partial charge on any atom is 0.417 e. The van der Waals surface area contributed by atoms with Crippen molar-refractivity contribution in [1.82, 2.24) is 0 Å². The summed E-state index contributed by atoms with van der Waals surface area (Å²) in [5.41, 5.74) is 0.117. The number of anilines is 1. The second-order valence-corrected chi connectivity index (χ2v) is 6.52. The molecule has 0 aromatic heterocycles. The molecule has 2 aromatic rings. The molecule has 2 aromatic carbocycles. The van der Waals surface area contributed by atoms with Crippen molar-refractivity contribution < 1.29 is 17.9 Å². The highest BCUT2D eigenvalue weighted by molar-refractivity contribution is 9.10. The summed E-state index contributed by atoms with van der Waals surface area (Å²) in [5, 5.41) is 8.92. The first-order chi connectivity index (χ1) is 11.9. The maximum absolute atomic E-state index is 13.2. The number of nitrogens with zero attached hydrogens (tertiary/aromatic N) is 2. The average Bonchev–Trinajstić information content (AvgIpc) is 2.61. The molecular weight excluding hydrogens is 397 g/mol. The van der Waals surface area contributed by atoms with Gasteiger partial charge in [-0.05, 0) is 29.8 Å². The molecule has 1 atom stereocenters. The Kier molecular flexibility index (Phi) is 5.02. The first-order valence-corrected chi connectivity index (χ1v) is 8.42. The Bertz CT molecular complexity index is 817. The summed E-state index contributed by atoms with van der Waals surface area (Å²) in [6.07, 6.45) is -4.80. The fourth-order valence-corrected chi connectivity index (χ4v) is 3.41. The van der Waals surface area contributed by atoms with Gasteiger partial charge in [-0.2, -0.15) is 18.4 Å². The SMILES string of the molecule is N#Cc1ccc(N2CCOC(c3ccccc3Br)C2)cc1C(F)(F)F. The molecule has 1 aliphatic heterocycles. The van der Waals surface area contributed by atoms with E-state index in [0.29, 0.717) is 25.4 Å². The number of hydrogen-bond acceptors (Lipinski definition) is 3. The minimum absolute atomic E-state index is 0.241. The van der Waals surface area contributed by atoms with Crippen molar-refractivity contribution in [2.45, 2.75) is 12.3 Å². The molecule has 1 saturated heterocycles. The summed E-state index contributed by atoms with van der Waals surface area (Å²) >= 11 is 3.48. The van der Waals surface area contributed by atoms with Crippen molar-refractivity contribution >= 4 is 21.6 Å². The van der Waals surface area contributed by atoms with Gasteiger partial charge < -0.3 is 9.64 Å². The van der Waals surface area contributed by atoms with E-state index < -0.39 is 11.7 Å². The molecule has 3 rings (SSSR count). The number of halogens is 4. The topological polar surface area (TPSA) is 36.3 Å². The average molecular weight is 411 g/mol. The van der Waals surface area contributed by atoms with Crippen LogP contribution in [0.3, 0.4) is 0 Å². The van der Waals surface area contributed by atoms with Crippen LogP contribution in [-0.4, -0.2) is 19.7 Å². The fourth-order valence-electron chi connectivity index (χ4n) is 2.87. The van der Waals surface area contributed by atoms with E-state index in [0.717, 1.165) is 16.1 Å². The Labute approximate surface area is 151 Å². The molecule has 7 heteroatoms. The zero-order valence-electron chi connectivity index (χ0n) is 13.1. The van der Waals surface area contributed by atoms with E-state index in [2.05, 4.69) is 15.9 Å². The van der Waals surface area contributed by atoms with E-state index in [4.69, 9.17) is 10.00 Å². The summed E-state index contributed by atoms with van der Waals surface area (Å²) < 4.78 is 46.2. The molecule has 3 nitrogen and oxygen atoms in total. The van der Waals surface area contributed by atoms with Crippen molar-refractivity contribution in [3.63, 3.8) is 0 Å². The van der Waals surface area contributed by atoms with Gasteiger partial charge in [0.2, 0.25) is 0 Å². The highest BCUT2D eigenvalue weighted by atomic mass is 79.9. The fraction of sp³-hybridized carbons (Fsp3) is 0.278. The lowest BCUT2D eigenvalue weighted by atomic mass is 10.0. The third-order valence-corrected chi connectivity index (χ3v) is 4.83. The summed E-state index contributed by atoms with van der Waals surface area (Å²) in [6, 6.07) is 13.0. The minimum Gasteiger partial charge on any atom is -0.370 e. The van der Waals surface area contributed by atoms with Crippen molar-refractivity contribution in [2.24, 2.45) is 0 Å². The number of nitriles is 1. The minimum atomic E-state index is -4.56. The Morgan fingerprint density at radius 1 is 1.20 bits per heavy atom. The van der Waals surface area contributed by atoms with Gasteiger partial charge in [-0.3, -0.25) is 0 Å². The summed E-state index contributed by atoms with van der Waals surface area (Å²) in [5.74, 6) is 0. The van der Waals surface area contributed by atoms with E-state index in [1.165, 1.54) is 6.07 Å². The zero-order chi connectivity index (χ0) is 18.0. The van der Waals surface area contributed by atoms with Crippen LogP contribution in [0, 0.1) is 11.3 Å². The Hall–Kier alpha value is -2.04. The molecule has 0 aliphatic carbocycles. The second kappa shape index (κ2) is 7.06. The summed E-state index contributed by atoms with van der Waals surface area (Å²) in [7, 11) is 0. The Balaban J connectivity index is 1.90. The normalized spacial score (nSPS) is 18.0. The first kappa shape index (κ1) is 17.8. The van der Waals surface area contributed by atoms with Gasteiger partial charge in [-0.25, -0.2) is 0 Å². The monoisotopic (exact) mass is 410 g/mol. The van der Waals surface area contributed by atoms with E-state index in [1.807, 2.05) is 29.2 Å². The predicted octanol–water partition coefficient (Wildman–Crippen LogP) is 4.92. The van der Waals surface area contributed by atoms with Crippen LogP contribution in [0.4, 0.5) is 18.9 Å². The Morgan fingerprint density at radius 2 is 1.96 bits per heavy atom. The lowest BCUT2D eigenvalue weighted by molar-refractivity contribution is -0.137. The molecule has 0 N–H and O–H groups in total. The molecule has 25 heavy (non-hydrogen) atoms. The largest absolute Gasteiger partial charge is 0.417 e. The highest BCUT2D eigenvalue weighted by Gasteiger charge is 2.34. The first-order valence-electron chi connectivity index (χ1n) is 7.62. The standard InChI is InChI=1S/C18H14BrF3N2O/c19-16-4-2-1-3-14(16)17-11-24(7-8-25-17)13-6-5-12(10-23)15(9-13)18(20,21)22/h1-6,9,17H,7-8,11H2. The summed E-state index contributed by atoms with van der Waals surface area (Å²) in [4.78, 5) is 1.85. The van der Waals surface area contributed by atoms with Gasteiger partial charge in [0, 0.05) is 23.2 Å². The molecule has 1 heterocycles. The number of morpholine rings is 1. The molecule has 0 spiro atoms. The molecule has 1 unspecified atom stereocenters. The van der Waals surface area contributed by atoms with Crippen LogP contribution in [0.25, 0.3) is 0 Å². The third-order valence-electron chi connectivity index (χ3n) is 4.11.